The molecule has 2 aromatic carbocycles. The zero-order chi connectivity index (χ0) is 24.4. The van der Waals surface area contributed by atoms with Gasteiger partial charge >= 0.3 is 5.97 Å². The Hall–Kier alpha value is -4.12. The first kappa shape index (κ1) is 23.1. The number of carboxylic acid groups (broad SMARTS) is 1. The molecule has 1 amide bonds. The molecule has 1 aliphatic heterocycles. The number of aliphatic imine (C=N–C) groups is 1. The van der Waals surface area contributed by atoms with E-state index >= 15 is 0 Å². The fourth-order valence-electron chi connectivity index (χ4n) is 3.42. The van der Waals surface area contributed by atoms with Gasteiger partial charge < -0.3 is 10.2 Å². The van der Waals surface area contributed by atoms with Crippen molar-refractivity contribution in [2.75, 3.05) is 0 Å². The number of aromatic hydroxyl groups is 1. The Morgan fingerprint density at radius 3 is 2.47 bits per heavy atom. The molecule has 0 aliphatic carbocycles. The number of benzene rings is 2. The number of hydrogen-bond donors (Lipinski definition) is 2. The Bertz CT molecular complexity index is 1380. The van der Waals surface area contributed by atoms with Crippen LogP contribution >= 0.6 is 11.8 Å². The van der Waals surface area contributed by atoms with Gasteiger partial charge in [0.25, 0.3) is 11.5 Å². The Kier molecular flexibility index (Phi) is 6.37. The minimum atomic E-state index is -1.14. The average Bonchev–Trinajstić information content (AvgIpc) is 3.21. The second-order valence-electron chi connectivity index (χ2n) is 7.46. The van der Waals surface area contributed by atoms with E-state index in [4.69, 9.17) is 0 Å². The van der Waals surface area contributed by atoms with Crippen molar-refractivity contribution in [2.24, 2.45) is 17.1 Å². The summed E-state index contributed by atoms with van der Waals surface area (Å²) in [6.07, 6.45) is 0.861. The molecule has 4 rings (SSSR count). The maximum absolute atomic E-state index is 13.2. The summed E-state index contributed by atoms with van der Waals surface area (Å²) < 4.78 is 3.11. The van der Waals surface area contributed by atoms with Crippen LogP contribution in [0.25, 0.3) is 5.69 Å². The van der Waals surface area contributed by atoms with Gasteiger partial charge in [-0.3, -0.25) is 19.1 Å². The van der Waals surface area contributed by atoms with Crippen LogP contribution in [0.4, 0.5) is 5.69 Å². The predicted molar refractivity (Wildman–Crippen MR) is 129 cm³/mol. The van der Waals surface area contributed by atoms with E-state index in [1.54, 1.807) is 49.0 Å². The number of hydrazone groups is 1. The normalized spacial score (nSPS) is 17.2. The van der Waals surface area contributed by atoms with Crippen molar-refractivity contribution in [3.05, 3.63) is 76.2 Å². The zero-order valence-corrected chi connectivity index (χ0v) is 19.1. The predicted octanol–water partition coefficient (Wildman–Crippen LogP) is 2.63. The zero-order valence-electron chi connectivity index (χ0n) is 18.3. The fourth-order valence-corrected chi connectivity index (χ4v) is 4.48. The van der Waals surface area contributed by atoms with Gasteiger partial charge in [-0.15, -0.1) is 0 Å². The third kappa shape index (κ3) is 4.37. The number of para-hydroxylation sites is 2. The number of phenols is 1. The summed E-state index contributed by atoms with van der Waals surface area (Å²) in [6.45, 7) is 1.73. The molecule has 11 heteroatoms. The van der Waals surface area contributed by atoms with Gasteiger partial charge in [-0.05, 0) is 31.2 Å². The maximum Gasteiger partial charge on any atom is 0.305 e. The number of thioether (sulfide) groups is 1. The van der Waals surface area contributed by atoms with E-state index in [1.165, 1.54) is 17.0 Å². The van der Waals surface area contributed by atoms with Crippen LogP contribution in [0.3, 0.4) is 0 Å². The van der Waals surface area contributed by atoms with Crippen LogP contribution in [0, 0.1) is 6.92 Å². The first-order chi connectivity index (χ1) is 16.3. The highest BCUT2D eigenvalue weighted by Gasteiger charge is 2.40. The van der Waals surface area contributed by atoms with Gasteiger partial charge in [-0.25, -0.2) is 9.67 Å². The molecule has 0 radical (unpaired) electrons. The SMILES string of the molecule is Cc1c(N=C2SC(CC(=O)O)C(=O)N2N=Cc2ccccc2O)c(=O)n(-c2ccccc2)n1C. The standard InChI is InChI=1S/C23H21N5O5S/c1-14-20(22(33)28(26(14)2)16-9-4-3-5-10-16)25-23-27(21(32)18(34-23)12-19(30)31)24-13-15-8-6-7-11-17(15)29/h3-11,13,18,29H,12H2,1-2H3,(H,30,31). The van der Waals surface area contributed by atoms with Crippen LogP contribution in [0.15, 0.2) is 69.5 Å². The number of amides is 1. The second kappa shape index (κ2) is 9.40. The molecule has 2 heterocycles. The molecule has 1 aliphatic rings. The second-order valence-corrected chi connectivity index (χ2v) is 8.63. The minimum Gasteiger partial charge on any atom is -0.507 e. The molecule has 1 unspecified atom stereocenters. The van der Waals surface area contributed by atoms with Crippen LogP contribution in [0.2, 0.25) is 0 Å². The van der Waals surface area contributed by atoms with Gasteiger partial charge in [0.1, 0.15) is 11.0 Å². The number of hydrogen-bond acceptors (Lipinski definition) is 7. The third-order valence-electron chi connectivity index (χ3n) is 5.25. The molecule has 1 fully saturated rings. The number of phenolic OH excluding ortho intramolecular Hbond substituents is 1. The third-order valence-corrected chi connectivity index (χ3v) is 6.38. The van der Waals surface area contributed by atoms with Crippen LogP contribution in [0.1, 0.15) is 17.7 Å². The quantitative estimate of drug-likeness (QED) is 0.523. The van der Waals surface area contributed by atoms with Crippen LogP contribution in [-0.2, 0) is 16.6 Å². The first-order valence-electron chi connectivity index (χ1n) is 10.2. The molecule has 0 bridgehead atoms. The van der Waals surface area contributed by atoms with E-state index in [1.807, 2.05) is 18.2 Å². The van der Waals surface area contributed by atoms with Gasteiger partial charge in [-0.2, -0.15) is 10.1 Å². The van der Waals surface area contributed by atoms with Crippen molar-refractivity contribution in [2.45, 2.75) is 18.6 Å². The van der Waals surface area contributed by atoms with E-state index in [-0.39, 0.29) is 16.6 Å². The average molecular weight is 480 g/mol. The summed E-state index contributed by atoms with van der Waals surface area (Å²) in [5.41, 5.74) is 1.29. The molecule has 1 aromatic heterocycles. The molecular weight excluding hydrogens is 458 g/mol. The van der Waals surface area contributed by atoms with Crippen LogP contribution in [0.5, 0.6) is 5.75 Å². The monoisotopic (exact) mass is 479 g/mol. The molecule has 174 valence electrons. The lowest BCUT2D eigenvalue weighted by Gasteiger charge is -2.09. The fraction of sp³-hybridized carbons (Fsp3) is 0.174. The number of carbonyl (C=O) groups excluding carboxylic acids is 1. The van der Waals surface area contributed by atoms with E-state index in [9.17, 15) is 24.6 Å². The first-order valence-corrected chi connectivity index (χ1v) is 11.1. The van der Waals surface area contributed by atoms with E-state index in [0.29, 0.717) is 16.9 Å². The van der Waals surface area contributed by atoms with Crippen molar-refractivity contribution in [3.8, 4) is 11.4 Å². The largest absolute Gasteiger partial charge is 0.507 e. The highest BCUT2D eigenvalue weighted by Crippen LogP contribution is 2.32. The number of rotatable bonds is 6. The van der Waals surface area contributed by atoms with Crippen molar-refractivity contribution in [3.63, 3.8) is 0 Å². The van der Waals surface area contributed by atoms with Crippen molar-refractivity contribution < 1.29 is 19.8 Å². The summed E-state index contributed by atoms with van der Waals surface area (Å²) >= 11 is 0.930. The highest BCUT2D eigenvalue weighted by molar-refractivity contribution is 8.15. The molecule has 3 aromatic rings. The molecular formula is C23H21N5O5S. The van der Waals surface area contributed by atoms with Gasteiger partial charge in [0.2, 0.25) is 0 Å². The lowest BCUT2D eigenvalue weighted by molar-refractivity contribution is -0.139. The van der Waals surface area contributed by atoms with Crippen LogP contribution in [-0.4, -0.2) is 53.1 Å². The summed E-state index contributed by atoms with van der Waals surface area (Å²) in [5.74, 6) is -1.75. The van der Waals surface area contributed by atoms with Gasteiger partial charge in [0.05, 0.1) is 24.0 Å². The Balaban J connectivity index is 1.78. The summed E-state index contributed by atoms with van der Waals surface area (Å²) in [7, 11) is 1.72. The van der Waals surface area contributed by atoms with E-state index in [2.05, 4.69) is 10.1 Å². The number of carbonyl (C=O) groups is 2. The molecule has 2 N–H and O–H groups in total. The van der Waals surface area contributed by atoms with Crippen molar-refractivity contribution in [1.29, 1.82) is 0 Å². The van der Waals surface area contributed by atoms with Gasteiger partial charge in [0.15, 0.2) is 10.9 Å². The number of amidine groups is 1. The Morgan fingerprint density at radius 1 is 1.12 bits per heavy atom. The maximum atomic E-state index is 13.2. The molecule has 0 saturated carbocycles. The molecule has 1 atom stereocenters. The summed E-state index contributed by atoms with van der Waals surface area (Å²) in [6, 6.07) is 15.5. The molecule has 10 nitrogen and oxygen atoms in total. The lowest BCUT2D eigenvalue weighted by atomic mass is 10.2. The number of carboxylic acids is 1. The lowest BCUT2D eigenvalue weighted by Crippen LogP contribution is -2.28. The minimum absolute atomic E-state index is 0.0317. The summed E-state index contributed by atoms with van der Waals surface area (Å²) in [5, 5.41) is 23.4. The van der Waals surface area contributed by atoms with Crippen molar-refractivity contribution in [1.82, 2.24) is 14.4 Å². The van der Waals surface area contributed by atoms with Crippen LogP contribution < -0.4 is 5.56 Å². The van der Waals surface area contributed by atoms with E-state index in [0.717, 1.165) is 16.8 Å². The van der Waals surface area contributed by atoms with Crippen molar-refractivity contribution >= 4 is 40.7 Å². The van der Waals surface area contributed by atoms with Gasteiger partial charge in [-0.1, -0.05) is 42.1 Å². The Morgan fingerprint density at radius 2 is 1.79 bits per heavy atom. The smallest absolute Gasteiger partial charge is 0.305 e. The van der Waals surface area contributed by atoms with E-state index < -0.39 is 29.1 Å². The highest BCUT2D eigenvalue weighted by atomic mass is 32.2. The van der Waals surface area contributed by atoms with Gasteiger partial charge in [0, 0.05) is 12.6 Å². The number of aliphatic carboxylic acids is 1. The Labute approximate surface area is 198 Å². The topological polar surface area (TPSA) is 129 Å². The number of aromatic nitrogens is 2. The molecule has 34 heavy (non-hydrogen) atoms. The molecule has 0 spiro atoms. The number of nitrogens with zero attached hydrogens (tertiary/aromatic N) is 5. The molecule has 1 saturated heterocycles. The summed E-state index contributed by atoms with van der Waals surface area (Å²) in [4.78, 5) is 41.8.